The highest BCUT2D eigenvalue weighted by Gasteiger charge is 2.53. The van der Waals surface area contributed by atoms with Gasteiger partial charge >= 0.3 is 0 Å². The van der Waals surface area contributed by atoms with E-state index in [9.17, 15) is 9.90 Å². The Bertz CT molecular complexity index is 1080. The number of hydrogen-bond acceptors (Lipinski definition) is 8. The monoisotopic (exact) mass is 517 g/mol. The summed E-state index contributed by atoms with van der Waals surface area (Å²) in [5.74, 6) is 1.22. The zero-order chi connectivity index (χ0) is 26.0. The van der Waals surface area contributed by atoms with Gasteiger partial charge in [0.1, 0.15) is 11.5 Å². The fourth-order valence-electron chi connectivity index (χ4n) is 6.26. The first-order chi connectivity index (χ1) is 17.2. The van der Waals surface area contributed by atoms with Crippen molar-refractivity contribution >= 4 is 28.1 Å². The highest BCUT2D eigenvalue weighted by atomic mass is 32.1. The maximum absolute atomic E-state index is 12.7. The molecule has 2 aromatic rings. The number of hydrogen-bond donors (Lipinski definition) is 3. The van der Waals surface area contributed by atoms with Crippen molar-refractivity contribution in [2.24, 2.45) is 23.2 Å². The molecule has 4 rings (SSSR count). The first kappa shape index (κ1) is 26.7. The summed E-state index contributed by atoms with van der Waals surface area (Å²) >= 11 is 1.67. The summed E-state index contributed by atoms with van der Waals surface area (Å²) in [6.45, 7) is 7.36. The summed E-state index contributed by atoms with van der Waals surface area (Å²) in [6, 6.07) is 5.63. The molecule has 2 aliphatic carbocycles. The second-order valence-corrected chi connectivity index (χ2v) is 11.5. The molecule has 8 nitrogen and oxygen atoms in total. The first-order valence-corrected chi connectivity index (χ1v) is 13.5. The third-order valence-corrected chi connectivity index (χ3v) is 9.22. The van der Waals surface area contributed by atoms with Gasteiger partial charge in [-0.15, -0.1) is 11.3 Å². The topological polar surface area (TPSA) is 102 Å². The second-order valence-electron chi connectivity index (χ2n) is 10.4. The molecule has 0 unspecified atom stereocenters. The number of amides is 1. The number of nitrogens with one attached hydrogen (secondary N) is 2. The van der Waals surface area contributed by atoms with Gasteiger partial charge in [0.15, 0.2) is 5.13 Å². The minimum atomic E-state index is -0.563. The zero-order valence-corrected chi connectivity index (χ0v) is 22.9. The van der Waals surface area contributed by atoms with Gasteiger partial charge in [0.05, 0.1) is 38.3 Å². The van der Waals surface area contributed by atoms with E-state index in [0.717, 1.165) is 41.5 Å². The van der Waals surface area contributed by atoms with Crippen LogP contribution in [0.1, 0.15) is 50.1 Å². The quantitative estimate of drug-likeness (QED) is 0.425. The van der Waals surface area contributed by atoms with Crippen LogP contribution in [0.5, 0.6) is 11.5 Å². The molecule has 0 radical (unpaired) electrons. The van der Waals surface area contributed by atoms with Crippen molar-refractivity contribution in [2.75, 3.05) is 39.8 Å². The van der Waals surface area contributed by atoms with E-state index in [4.69, 9.17) is 19.2 Å². The molecule has 1 fully saturated rings. The third kappa shape index (κ3) is 5.06. The van der Waals surface area contributed by atoms with Gasteiger partial charge < -0.3 is 30.0 Å². The van der Waals surface area contributed by atoms with E-state index in [1.165, 1.54) is 4.88 Å². The average molecular weight is 518 g/mol. The molecule has 0 bridgehead atoms. The highest BCUT2D eigenvalue weighted by Crippen LogP contribution is 2.57. The number of fused-ring (bicyclic) bond motifs is 2. The molecule has 1 aromatic carbocycles. The lowest BCUT2D eigenvalue weighted by Gasteiger charge is -2.53. The van der Waals surface area contributed by atoms with Crippen molar-refractivity contribution in [2.45, 2.75) is 52.1 Å². The maximum Gasteiger partial charge on any atom is 0.223 e. The maximum atomic E-state index is 12.7. The fraction of sp³-hybridized carbons (Fsp3) is 0.630. The number of thiazole rings is 1. The van der Waals surface area contributed by atoms with Gasteiger partial charge in [-0.1, -0.05) is 20.8 Å². The van der Waals surface area contributed by atoms with E-state index in [0.29, 0.717) is 18.9 Å². The van der Waals surface area contributed by atoms with Gasteiger partial charge in [0.2, 0.25) is 5.91 Å². The summed E-state index contributed by atoms with van der Waals surface area (Å²) in [6.07, 6.45) is 2.12. The van der Waals surface area contributed by atoms with Crippen LogP contribution in [0.2, 0.25) is 0 Å². The molecule has 0 saturated heterocycles. The predicted octanol–water partition coefficient (Wildman–Crippen LogP) is 4.36. The molecule has 1 heterocycles. The van der Waals surface area contributed by atoms with E-state index in [1.54, 1.807) is 32.7 Å². The summed E-state index contributed by atoms with van der Waals surface area (Å²) in [5, 5.41) is 18.8. The Morgan fingerprint density at radius 3 is 2.78 bits per heavy atom. The smallest absolute Gasteiger partial charge is 0.223 e. The van der Waals surface area contributed by atoms with Crippen LogP contribution in [0.15, 0.2) is 18.2 Å². The Kier molecular flexibility index (Phi) is 8.12. The molecule has 6 atom stereocenters. The largest absolute Gasteiger partial charge is 0.497 e. The van der Waals surface area contributed by atoms with Gasteiger partial charge in [-0.25, -0.2) is 4.98 Å². The van der Waals surface area contributed by atoms with E-state index in [2.05, 4.69) is 24.5 Å². The van der Waals surface area contributed by atoms with Crippen molar-refractivity contribution in [3.63, 3.8) is 0 Å². The molecule has 198 valence electrons. The van der Waals surface area contributed by atoms with Gasteiger partial charge in [-0.2, -0.15) is 0 Å². The molecular formula is C27H39N3O5S. The van der Waals surface area contributed by atoms with E-state index in [-0.39, 0.29) is 35.0 Å². The zero-order valence-electron chi connectivity index (χ0n) is 22.1. The standard InChI is InChI=1S/C27H39N3O5S/c1-15(25(32)28-11-12-33-4)18-9-10-27(3)14-21-23(16(2)22(27)24(18)31)30-26(36-21)29-19-13-17(34-5)7-8-20(19)35-6/h7-8,13,15-16,18,22,24,31H,9-12,14H2,1-6H3,(H,28,32)(H,29,30)/t15-,16+,18-,22+,24-,27+/m0/s1. The molecule has 0 spiro atoms. The van der Waals surface area contributed by atoms with Gasteiger partial charge in [-0.05, 0) is 48.6 Å². The van der Waals surface area contributed by atoms with Crippen LogP contribution in [-0.4, -0.2) is 56.6 Å². The average Bonchev–Trinajstić information content (AvgIpc) is 3.25. The number of aromatic nitrogens is 1. The summed E-state index contributed by atoms with van der Waals surface area (Å²) in [7, 11) is 4.90. The van der Waals surface area contributed by atoms with E-state index in [1.807, 2.05) is 25.1 Å². The summed E-state index contributed by atoms with van der Waals surface area (Å²) < 4.78 is 15.9. The van der Waals surface area contributed by atoms with Crippen LogP contribution in [-0.2, 0) is 16.0 Å². The normalized spacial score (nSPS) is 28.0. The lowest BCUT2D eigenvalue weighted by atomic mass is 9.53. The molecule has 1 aromatic heterocycles. The molecule has 3 N–H and O–H groups in total. The minimum Gasteiger partial charge on any atom is -0.497 e. The number of anilines is 2. The van der Waals surface area contributed by atoms with Crippen molar-refractivity contribution < 1.29 is 24.1 Å². The first-order valence-electron chi connectivity index (χ1n) is 12.7. The number of aliphatic hydroxyl groups excluding tert-OH is 1. The Balaban J connectivity index is 1.55. The number of nitrogens with zero attached hydrogens (tertiary/aromatic N) is 1. The van der Waals surface area contributed by atoms with Crippen LogP contribution in [0.3, 0.4) is 0 Å². The third-order valence-electron chi connectivity index (χ3n) is 8.23. The van der Waals surface area contributed by atoms with Crippen molar-refractivity contribution in [1.82, 2.24) is 10.3 Å². The summed E-state index contributed by atoms with van der Waals surface area (Å²) in [5.41, 5.74) is 1.81. The number of ether oxygens (including phenoxy) is 3. The predicted molar refractivity (Wildman–Crippen MR) is 141 cm³/mol. The number of carbonyl (C=O) groups excluding carboxylic acids is 1. The Hall–Kier alpha value is -2.36. The molecule has 1 amide bonds. The van der Waals surface area contributed by atoms with E-state index < -0.39 is 6.10 Å². The number of benzene rings is 1. The molecule has 36 heavy (non-hydrogen) atoms. The number of carbonyl (C=O) groups is 1. The molecule has 1 saturated carbocycles. The molecule has 9 heteroatoms. The van der Waals surface area contributed by atoms with Crippen LogP contribution in [0.25, 0.3) is 0 Å². The minimum absolute atomic E-state index is 0.0174. The van der Waals surface area contributed by atoms with Gasteiger partial charge in [-0.3, -0.25) is 4.79 Å². The van der Waals surface area contributed by atoms with Crippen LogP contribution in [0, 0.1) is 23.2 Å². The Morgan fingerprint density at radius 2 is 2.08 bits per heavy atom. The number of methoxy groups -OCH3 is 3. The van der Waals surface area contributed by atoms with Crippen molar-refractivity contribution in [1.29, 1.82) is 0 Å². The van der Waals surface area contributed by atoms with Crippen LogP contribution in [0.4, 0.5) is 10.8 Å². The van der Waals surface area contributed by atoms with Crippen LogP contribution >= 0.6 is 11.3 Å². The van der Waals surface area contributed by atoms with Crippen molar-refractivity contribution in [3.8, 4) is 11.5 Å². The van der Waals surface area contributed by atoms with Crippen LogP contribution < -0.4 is 20.1 Å². The van der Waals surface area contributed by atoms with Gasteiger partial charge in [0, 0.05) is 36.4 Å². The molecule has 2 aliphatic rings. The summed E-state index contributed by atoms with van der Waals surface area (Å²) in [4.78, 5) is 19.0. The Labute approximate surface area is 217 Å². The SMILES string of the molecule is COCCNC(=O)[C@@H](C)[C@@H]1CC[C@]2(C)Cc3sc(Nc4cc(OC)ccc4OC)nc3[C@H](C)[C@@H]2[C@H]1O. The fourth-order valence-corrected chi connectivity index (χ4v) is 7.54. The molecular weight excluding hydrogens is 478 g/mol. The Morgan fingerprint density at radius 1 is 1.31 bits per heavy atom. The lowest BCUT2D eigenvalue weighted by Crippen LogP contribution is -2.53. The van der Waals surface area contributed by atoms with Crippen molar-refractivity contribution in [3.05, 3.63) is 28.8 Å². The number of aliphatic hydroxyl groups is 1. The second kappa shape index (κ2) is 10.9. The highest BCUT2D eigenvalue weighted by molar-refractivity contribution is 7.15. The molecule has 0 aliphatic heterocycles. The lowest BCUT2D eigenvalue weighted by molar-refractivity contribution is -0.135. The van der Waals surface area contributed by atoms with E-state index >= 15 is 0 Å². The van der Waals surface area contributed by atoms with Gasteiger partial charge in [0.25, 0.3) is 0 Å². The number of rotatable bonds is 9.